The molecule has 2 aliphatic rings. The first kappa shape index (κ1) is 28.2. The zero-order valence-electron chi connectivity index (χ0n) is 21.8. The fourth-order valence-corrected chi connectivity index (χ4v) is 6.11. The Balaban J connectivity index is 1.32. The zero-order valence-corrected chi connectivity index (χ0v) is 25.6. The van der Waals surface area contributed by atoms with Gasteiger partial charge >= 0.3 is 0 Å². The highest BCUT2D eigenvalue weighted by molar-refractivity contribution is 14.1. The van der Waals surface area contributed by atoms with E-state index in [0.29, 0.717) is 51.1 Å². The lowest BCUT2D eigenvalue weighted by atomic mass is 10.1. The molecule has 0 spiro atoms. The molecule has 0 unspecified atom stereocenters. The number of nitrogens with zero attached hydrogens (tertiary/aromatic N) is 3. The fraction of sp³-hybridized carbons (Fsp3) is 0.172. The van der Waals surface area contributed by atoms with Gasteiger partial charge in [-0.3, -0.25) is 10.2 Å². The predicted octanol–water partition coefficient (Wildman–Crippen LogP) is 6.70. The lowest BCUT2D eigenvalue weighted by Crippen LogP contribution is -2.35. The van der Waals surface area contributed by atoms with Crippen molar-refractivity contribution in [3.05, 3.63) is 91.0 Å². The van der Waals surface area contributed by atoms with Crippen LogP contribution in [0.5, 0.6) is 17.2 Å². The largest absolute Gasteiger partial charge is 0.493 e. The molecule has 3 aromatic carbocycles. The average Bonchev–Trinajstić information content (AvgIpc) is 3.34. The molecule has 0 aromatic heterocycles. The second-order valence-corrected chi connectivity index (χ2v) is 11.4. The number of methoxy groups -OCH3 is 1. The molecule has 0 aliphatic carbocycles. The quantitative estimate of drug-likeness (QED) is 0.161. The summed E-state index contributed by atoms with van der Waals surface area (Å²) in [6, 6.07) is 16.9. The molecule has 8 nitrogen and oxygen atoms in total. The lowest BCUT2D eigenvalue weighted by molar-refractivity contribution is -0.114. The van der Waals surface area contributed by atoms with E-state index >= 15 is 0 Å². The van der Waals surface area contributed by atoms with Gasteiger partial charge in [-0.15, -0.1) is 0 Å². The Labute approximate surface area is 254 Å². The minimum absolute atomic E-state index is 0.0672. The van der Waals surface area contributed by atoms with Crippen molar-refractivity contribution in [2.24, 2.45) is 10.1 Å². The molecule has 5 rings (SSSR count). The monoisotopic (exact) mass is 686 g/mol. The molecule has 0 atom stereocenters. The van der Waals surface area contributed by atoms with Gasteiger partial charge in [0.15, 0.2) is 17.3 Å². The van der Waals surface area contributed by atoms with Gasteiger partial charge in [0.25, 0.3) is 5.91 Å². The van der Waals surface area contributed by atoms with Crippen LogP contribution in [0.4, 0.5) is 0 Å². The summed E-state index contributed by atoms with van der Waals surface area (Å²) >= 11 is 9.69. The van der Waals surface area contributed by atoms with E-state index in [1.165, 1.54) is 22.3 Å². The van der Waals surface area contributed by atoms with Gasteiger partial charge < -0.3 is 14.2 Å². The van der Waals surface area contributed by atoms with Crippen molar-refractivity contribution in [2.45, 2.75) is 13.8 Å². The van der Waals surface area contributed by atoms with Gasteiger partial charge in [0.1, 0.15) is 24.0 Å². The van der Waals surface area contributed by atoms with Crippen molar-refractivity contribution < 1.29 is 19.0 Å². The number of aliphatic imine (C=N–C) groups is 1. The summed E-state index contributed by atoms with van der Waals surface area (Å²) in [6.45, 7) is 4.74. The molecule has 2 aliphatic heterocycles. The van der Waals surface area contributed by atoms with Crippen LogP contribution >= 0.6 is 46.0 Å². The van der Waals surface area contributed by atoms with E-state index in [4.69, 9.17) is 31.2 Å². The zero-order chi connectivity index (χ0) is 28.4. The number of benzene rings is 3. The van der Waals surface area contributed by atoms with Crippen LogP contribution in [0.15, 0.2) is 70.3 Å². The van der Waals surface area contributed by atoms with Crippen LogP contribution in [0.2, 0.25) is 5.02 Å². The van der Waals surface area contributed by atoms with Crippen molar-refractivity contribution >= 4 is 74.0 Å². The molecule has 0 fully saturated rings. The van der Waals surface area contributed by atoms with E-state index in [0.717, 1.165) is 14.9 Å². The van der Waals surface area contributed by atoms with Crippen LogP contribution in [-0.2, 0) is 4.79 Å². The van der Waals surface area contributed by atoms with E-state index in [9.17, 15) is 4.79 Å². The Hall–Kier alpha value is -3.35. The number of carbonyl (C=O) groups excluding carboxylic acids is 1. The number of fused-ring (bicyclic) bond motifs is 1. The van der Waals surface area contributed by atoms with Crippen LogP contribution in [0.3, 0.4) is 0 Å². The van der Waals surface area contributed by atoms with Gasteiger partial charge in [0.2, 0.25) is 5.17 Å². The Morgan fingerprint density at radius 2 is 1.85 bits per heavy atom. The van der Waals surface area contributed by atoms with E-state index in [2.05, 4.69) is 38.8 Å². The number of halogens is 2. The van der Waals surface area contributed by atoms with Crippen LogP contribution < -0.4 is 14.2 Å². The fourth-order valence-electron chi connectivity index (χ4n) is 4.12. The maximum absolute atomic E-state index is 12.9. The molecule has 0 saturated carbocycles. The highest BCUT2D eigenvalue weighted by atomic mass is 127. The second kappa shape index (κ2) is 12.0. The number of carbonyl (C=O) groups is 1. The molecule has 11 heteroatoms. The molecular weight excluding hydrogens is 663 g/mol. The number of ether oxygens (including phenoxy) is 3. The van der Waals surface area contributed by atoms with Crippen molar-refractivity contribution in [3.63, 3.8) is 0 Å². The maximum Gasteiger partial charge on any atom is 0.283 e. The van der Waals surface area contributed by atoms with Crippen LogP contribution in [0.1, 0.15) is 22.3 Å². The Kier molecular flexibility index (Phi) is 8.48. The topological polar surface area (TPSA) is 96.6 Å². The number of hydrogen-bond acceptors (Lipinski definition) is 7. The predicted molar refractivity (Wildman–Crippen MR) is 168 cm³/mol. The van der Waals surface area contributed by atoms with Gasteiger partial charge in [-0.2, -0.15) is 15.1 Å². The maximum atomic E-state index is 12.9. The number of thioether (sulfide) groups is 1. The number of hydrazone groups is 1. The third-order valence-corrected chi connectivity index (χ3v) is 8.11. The van der Waals surface area contributed by atoms with Gasteiger partial charge in [-0.25, -0.2) is 0 Å². The summed E-state index contributed by atoms with van der Waals surface area (Å²) in [5.74, 6) is 1.31. The number of amides is 1. The average molecular weight is 687 g/mol. The summed E-state index contributed by atoms with van der Waals surface area (Å²) in [4.78, 5) is 17.1. The smallest absolute Gasteiger partial charge is 0.283 e. The number of amidine groups is 2. The summed E-state index contributed by atoms with van der Waals surface area (Å²) in [5.41, 5.74) is 3.74. The van der Waals surface area contributed by atoms with E-state index < -0.39 is 5.91 Å². The summed E-state index contributed by atoms with van der Waals surface area (Å²) < 4.78 is 18.2. The first-order valence-corrected chi connectivity index (χ1v) is 14.5. The lowest BCUT2D eigenvalue weighted by Gasteiger charge is -2.20. The number of nitrogens with one attached hydrogen (secondary N) is 1. The van der Waals surface area contributed by atoms with E-state index in [1.54, 1.807) is 25.3 Å². The van der Waals surface area contributed by atoms with Gasteiger partial charge in [0, 0.05) is 5.56 Å². The van der Waals surface area contributed by atoms with Crippen LogP contribution in [0.25, 0.3) is 6.08 Å². The number of rotatable bonds is 8. The molecule has 40 heavy (non-hydrogen) atoms. The SMILES string of the molecule is COc1cc(/C=C2/C(=N)N3N=C(c4ccccc4Cl)SC3=NC2=O)cc(I)c1OCCOc1ccc(C)cc1C. The molecule has 1 N–H and O–H groups in total. The van der Waals surface area contributed by atoms with Crippen molar-refractivity contribution in [3.8, 4) is 17.2 Å². The highest BCUT2D eigenvalue weighted by Crippen LogP contribution is 2.36. The van der Waals surface area contributed by atoms with Crippen LogP contribution in [0, 0.1) is 22.8 Å². The molecule has 1 amide bonds. The van der Waals surface area contributed by atoms with Crippen molar-refractivity contribution in [2.75, 3.05) is 20.3 Å². The Morgan fingerprint density at radius 3 is 2.60 bits per heavy atom. The van der Waals surface area contributed by atoms with E-state index in [1.807, 2.05) is 50.2 Å². The molecular formula is C29H24ClIN4O4S. The molecule has 0 saturated heterocycles. The highest BCUT2D eigenvalue weighted by Gasteiger charge is 2.36. The summed E-state index contributed by atoms with van der Waals surface area (Å²) in [7, 11) is 1.55. The molecule has 3 aromatic rings. The second-order valence-electron chi connectivity index (χ2n) is 8.91. The standard InChI is InChI=1S/C29H24ClIN4O4S/c1-16-8-9-23(17(2)12-16)38-10-11-39-25-22(31)14-18(15-24(25)37-3)13-20-26(32)35-29(33-27(20)36)40-28(34-35)19-6-4-5-7-21(19)30/h4-9,12-15,32H,10-11H2,1-3H3/b20-13-,32-26?. The first-order chi connectivity index (χ1) is 19.2. The first-order valence-electron chi connectivity index (χ1n) is 12.2. The summed E-state index contributed by atoms with van der Waals surface area (Å²) in [5, 5.41) is 16.0. The Morgan fingerprint density at radius 1 is 1.07 bits per heavy atom. The van der Waals surface area contributed by atoms with E-state index in [-0.39, 0.29) is 11.4 Å². The van der Waals surface area contributed by atoms with Gasteiger partial charge in [-0.05, 0) is 89.7 Å². The number of hydrogen-bond donors (Lipinski definition) is 1. The summed E-state index contributed by atoms with van der Waals surface area (Å²) in [6.07, 6.45) is 1.61. The molecule has 0 radical (unpaired) electrons. The third kappa shape index (κ3) is 5.89. The minimum Gasteiger partial charge on any atom is -0.493 e. The molecule has 204 valence electrons. The Bertz CT molecular complexity index is 1620. The third-order valence-electron chi connectivity index (χ3n) is 6.04. The molecule has 0 bridgehead atoms. The number of aryl methyl sites for hydroxylation is 2. The van der Waals surface area contributed by atoms with Gasteiger partial charge in [-0.1, -0.05) is 47.5 Å². The van der Waals surface area contributed by atoms with Crippen molar-refractivity contribution in [1.29, 1.82) is 5.41 Å². The normalized spacial score (nSPS) is 15.6. The minimum atomic E-state index is -0.516. The molecule has 2 heterocycles. The van der Waals surface area contributed by atoms with Crippen LogP contribution in [-0.4, -0.2) is 47.3 Å². The van der Waals surface area contributed by atoms with Gasteiger partial charge in [0.05, 0.1) is 21.3 Å². The van der Waals surface area contributed by atoms with Crippen molar-refractivity contribution in [1.82, 2.24) is 5.01 Å².